The summed E-state index contributed by atoms with van der Waals surface area (Å²) < 4.78 is 24.7. The number of carbonyl (C=O) groups is 2. The number of anilines is 5. The van der Waals surface area contributed by atoms with E-state index in [1.54, 1.807) is 41.4 Å². The molecule has 0 unspecified atom stereocenters. The van der Waals surface area contributed by atoms with Crippen molar-refractivity contribution in [3.8, 4) is 0 Å². The van der Waals surface area contributed by atoms with E-state index in [0.717, 1.165) is 17.4 Å². The molecule has 0 fully saturated rings. The molecule has 12 heteroatoms. The summed E-state index contributed by atoms with van der Waals surface area (Å²) in [5.41, 5.74) is 6.65. The minimum atomic E-state index is -0.890. The van der Waals surface area contributed by atoms with Crippen LogP contribution in [0.5, 0.6) is 0 Å². The van der Waals surface area contributed by atoms with E-state index in [9.17, 15) is 14.0 Å². The number of rotatable bonds is 8. The van der Waals surface area contributed by atoms with Crippen molar-refractivity contribution >= 4 is 51.7 Å². The van der Waals surface area contributed by atoms with Crippen molar-refractivity contribution < 1.29 is 28.2 Å². The molecule has 11 nitrogen and oxygen atoms in total. The molecule has 0 spiro atoms. The molecule has 2 aromatic heterocycles. The molecule has 0 saturated heterocycles. The van der Waals surface area contributed by atoms with E-state index in [2.05, 4.69) is 30.8 Å². The van der Waals surface area contributed by atoms with E-state index in [-0.39, 0.29) is 23.9 Å². The Morgan fingerprint density at radius 3 is 2.81 bits per heavy atom. The van der Waals surface area contributed by atoms with Crippen molar-refractivity contribution in [3.05, 3.63) is 65.8 Å². The second-order valence-electron chi connectivity index (χ2n) is 7.97. The average Bonchev–Trinajstić information content (AvgIpc) is 3.48. The van der Waals surface area contributed by atoms with Gasteiger partial charge in [0.15, 0.2) is 11.6 Å². The van der Waals surface area contributed by atoms with E-state index in [4.69, 9.17) is 9.52 Å². The predicted molar refractivity (Wildman–Crippen MR) is 129 cm³/mol. The first-order valence-electron chi connectivity index (χ1n) is 10.9. The molecule has 0 radical (unpaired) electrons. The zero-order valence-corrected chi connectivity index (χ0v) is 19.0. The van der Waals surface area contributed by atoms with Crippen molar-refractivity contribution in [1.82, 2.24) is 15.4 Å². The average molecular weight is 492 g/mol. The van der Waals surface area contributed by atoms with Gasteiger partial charge in [0.2, 0.25) is 11.7 Å². The number of furan rings is 1. The Hall–Kier alpha value is -4.71. The molecule has 1 aliphatic heterocycles. The minimum Gasteiger partial charge on any atom is -0.481 e. The third-order valence-electron chi connectivity index (χ3n) is 5.55. The number of hydrogen-bond acceptors (Lipinski definition) is 10. The largest absolute Gasteiger partial charge is 0.481 e. The highest BCUT2D eigenvalue weighted by atomic mass is 19.1. The van der Waals surface area contributed by atoms with Crippen molar-refractivity contribution in [2.75, 3.05) is 29.3 Å². The number of benzene rings is 2. The molecular weight excluding hydrogens is 471 g/mol. The van der Waals surface area contributed by atoms with E-state index in [0.29, 0.717) is 35.4 Å². The number of aliphatic carboxylic acids is 1. The number of methoxy groups -OCH3 is 1. The van der Waals surface area contributed by atoms with Gasteiger partial charge in [0.25, 0.3) is 0 Å². The fourth-order valence-electron chi connectivity index (χ4n) is 3.82. The first-order chi connectivity index (χ1) is 17.4. The number of ether oxygens (including phenoxy) is 1. The number of carboxylic acid groups (broad SMARTS) is 1. The first-order valence-corrected chi connectivity index (χ1v) is 10.9. The van der Waals surface area contributed by atoms with Gasteiger partial charge in [-0.05, 0) is 42.0 Å². The maximum absolute atomic E-state index is 14.5. The van der Waals surface area contributed by atoms with Gasteiger partial charge in [0.1, 0.15) is 5.58 Å². The zero-order chi connectivity index (χ0) is 25.2. The van der Waals surface area contributed by atoms with E-state index < -0.39 is 17.8 Å². The highest BCUT2D eigenvalue weighted by Gasteiger charge is 2.20. The van der Waals surface area contributed by atoms with Gasteiger partial charge in [0, 0.05) is 29.9 Å². The molecule has 0 atom stereocenters. The van der Waals surface area contributed by atoms with Gasteiger partial charge in [-0.25, -0.2) is 19.6 Å². The third kappa shape index (κ3) is 4.74. The molecule has 0 aliphatic carbocycles. The van der Waals surface area contributed by atoms with E-state index in [1.807, 2.05) is 6.07 Å². The summed E-state index contributed by atoms with van der Waals surface area (Å²) in [5.74, 6) is -1.91. The number of nitrogens with zero attached hydrogens (tertiary/aromatic N) is 3. The molecule has 184 valence electrons. The second-order valence-corrected chi connectivity index (χ2v) is 7.97. The molecule has 36 heavy (non-hydrogen) atoms. The number of nitrogens with one attached hydrogen (secondary N) is 3. The van der Waals surface area contributed by atoms with Crippen LogP contribution < -0.4 is 21.1 Å². The summed E-state index contributed by atoms with van der Waals surface area (Å²) in [4.78, 5) is 30.9. The Balaban J connectivity index is 1.34. The Bertz CT molecular complexity index is 1470. The lowest BCUT2D eigenvalue weighted by Crippen LogP contribution is -2.33. The summed E-state index contributed by atoms with van der Waals surface area (Å²) in [6.07, 6.45) is 1.03. The smallest absolute Gasteiger partial charge is 0.373 e. The lowest BCUT2D eigenvalue weighted by Gasteiger charge is -2.19. The van der Waals surface area contributed by atoms with Gasteiger partial charge in [-0.2, -0.15) is 4.98 Å². The maximum Gasteiger partial charge on any atom is 0.373 e. The van der Waals surface area contributed by atoms with Crippen LogP contribution in [0.4, 0.5) is 33.2 Å². The van der Waals surface area contributed by atoms with Crippen molar-refractivity contribution in [2.45, 2.75) is 13.0 Å². The van der Waals surface area contributed by atoms with Crippen LogP contribution >= 0.6 is 0 Å². The number of halogens is 1. The number of carbonyl (C=O) groups excluding carboxylic acids is 1. The van der Waals surface area contributed by atoms with Crippen LogP contribution in [0, 0.1) is 5.82 Å². The standard InChI is InChI=1S/C24H21FN6O5/c1-35-23(34)20-9-14-8-15(4-5-19(14)36-20)29-24-26-12-17(25)22(30-24)28-16-3-2-13-11-27-31(18(13)10-16)7-6-21(32)33/h2-5,8-10,12,27H,6-7,11H2,1H3,(H,32,33)(H2,26,28,29,30). The topological polar surface area (TPSA) is 142 Å². The summed E-state index contributed by atoms with van der Waals surface area (Å²) in [6, 6.07) is 12.2. The van der Waals surface area contributed by atoms with Gasteiger partial charge in [-0.1, -0.05) is 6.07 Å². The lowest BCUT2D eigenvalue weighted by molar-refractivity contribution is -0.136. The minimum absolute atomic E-state index is 0.0196. The zero-order valence-electron chi connectivity index (χ0n) is 19.0. The third-order valence-corrected chi connectivity index (χ3v) is 5.55. The second kappa shape index (κ2) is 9.50. The molecule has 0 amide bonds. The molecule has 0 bridgehead atoms. The van der Waals surface area contributed by atoms with Gasteiger partial charge >= 0.3 is 11.9 Å². The highest BCUT2D eigenvalue weighted by molar-refractivity contribution is 5.93. The molecule has 4 N–H and O–H groups in total. The monoisotopic (exact) mass is 492 g/mol. The highest BCUT2D eigenvalue weighted by Crippen LogP contribution is 2.31. The summed E-state index contributed by atoms with van der Waals surface area (Å²) in [7, 11) is 1.27. The molecule has 0 saturated carbocycles. The first kappa shape index (κ1) is 23.1. The number of carboxylic acids is 1. The lowest BCUT2D eigenvalue weighted by atomic mass is 10.1. The van der Waals surface area contributed by atoms with Crippen molar-refractivity contribution in [1.29, 1.82) is 0 Å². The maximum atomic E-state index is 14.5. The van der Waals surface area contributed by atoms with Crippen LogP contribution in [0.2, 0.25) is 0 Å². The summed E-state index contributed by atoms with van der Waals surface area (Å²) in [5, 5.41) is 17.4. The SMILES string of the molecule is COC(=O)c1cc2cc(Nc3ncc(F)c(Nc4ccc5c(c4)N(CCC(=O)O)NC5)n3)ccc2o1. The fourth-order valence-corrected chi connectivity index (χ4v) is 3.82. The van der Waals surface area contributed by atoms with Gasteiger partial charge in [-0.3, -0.25) is 4.79 Å². The van der Waals surface area contributed by atoms with Crippen LogP contribution in [0.1, 0.15) is 22.5 Å². The normalized spacial score (nSPS) is 12.4. The Kier molecular flexibility index (Phi) is 6.09. The molecule has 4 aromatic rings. The van der Waals surface area contributed by atoms with E-state index >= 15 is 0 Å². The van der Waals surface area contributed by atoms with Crippen LogP contribution in [0.25, 0.3) is 11.0 Å². The van der Waals surface area contributed by atoms with Crippen LogP contribution in [0.3, 0.4) is 0 Å². The van der Waals surface area contributed by atoms with E-state index in [1.165, 1.54) is 7.11 Å². The Morgan fingerprint density at radius 1 is 1.19 bits per heavy atom. The van der Waals surface area contributed by atoms with Gasteiger partial charge in [-0.15, -0.1) is 0 Å². The number of fused-ring (bicyclic) bond motifs is 2. The Morgan fingerprint density at radius 2 is 2.00 bits per heavy atom. The van der Waals surface area contributed by atoms with Gasteiger partial charge in [0.05, 0.1) is 25.4 Å². The number of hydrazine groups is 1. The fraction of sp³-hybridized carbons (Fsp3) is 0.167. The molecule has 3 heterocycles. The van der Waals surface area contributed by atoms with Gasteiger partial charge < -0.3 is 29.9 Å². The molecular formula is C24H21FN6O5. The van der Waals surface area contributed by atoms with Crippen LogP contribution in [-0.2, 0) is 16.1 Å². The molecule has 1 aliphatic rings. The van der Waals surface area contributed by atoms with Crippen LogP contribution in [-0.4, -0.2) is 40.7 Å². The number of hydrogen-bond donors (Lipinski definition) is 4. The summed E-state index contributed by atoms with van der Waals surface area (Å²) in [6.45, 7) is 0.872. The number of esters is 1. The van der Waals surface area contributed by atoms with Crippen molar-refractivity contribution in [3.63, 3.8) is 0 Å². The van der Waals surface area contributed by atoms with Crippen LogP contribution in [0.15, 0.2) is 53.1 Å². The quantitative estimate of drug-likeness (QED) is 0.266. The van der Waals surface area contributed by atoms with Crippen molar-refractivity contribution in [2.24, 2.45) is 0 Å². The molecule has 2 aromatic carbocycles. The summed E-state index contributed by atoms with van der Waals surface area (Å²) >= 11 is 0. The number of aromatic nitrogens is 2. The molecule has 5 rings (SSSR count). The Labute approximate surface area is 203 Å². The predicted octanol–water partition coefficient (Wildman–Crippen LogP) is 3.94.